The standard InChI is InChI=1S/C24H19BrN2O6S/c1-2-33-21-12-10-19(11-13-21)26-23(28)22(14-16-6-8-18(25)9-7-16)34(31,32)24(26)17-4-3-5-20(15-17)27(29)30/h3-15,24H,2H2,1H3/b22-14+/t24-/m0/s1. The lowest BCUT2D eigenvalue weighted by atomic mass is 10.1. The topological polar surface area (TPSA) is 107 Å². The van der Waals surface area contributed by atoms with Gasteiger partial charge in [-0.15, -0.1) is 0 Å². The first-order valence-electron chi connectivity index (χ1n) is 10.2. The Hall–Kier alpha value is -3.50. The van der Waals surface area contributed by atoms with Gasteiger partial charge in [-0.1, -0.05) is 40.2 Å². The highest BCUT2D eigenvalue weighted by Crippen LogP contribution is 2.44. The summed E-state index contributed by atoms with van der Waals surface area (Å²) in [6.07, 6.45) is 1.32. The number of non-ortho nitro benzene ring substituents is 1. The number of benzene rings is 3. The molecule has 1 amide bonds. The van der Waals surface area contributed by atoms with Crippen LogP contribution in [0.25, 0.3) is 6.08 Å². The van der Waals surface area contributed by atoms with E-state index in [1.165, 1.54) is 30.3 Å². The molecular weight excluding hydrogens is 524 g/mol. The van der Waals surface area contributed by atoms with E-state index >= 15 is 0 Å². The van der Waals surface area contributed by atoms with Crippen LogP contribution in [0.3, 0.4) is 0 Å². The van der Waals surface area contributed by atoms with Gasteiger partial charge >= 0.3 is 0 Å². The molecule has 34 heavy (non-hydrogen) atoms. The van der Waals surface area contributed by atoms with E-state index in [9.17, 15) is 23.3 Å². The first kappa shape index (κ1) is 23.7. The summed E-state index contributed by atoms with van der Waals surface area (Å²) in [5.41, 5.74) is 0.710. The summed E-state index contributed by atoms with van der Waals surface area (Å²) in [5.74, 6) is -0.151. The van der Waals surface area contributed by atoms with Crippen LogP contribution in [0.1, 0.15) is 23.4 Å². The number of nitro benzene ring substituents is 1. The van der Waals surface area contributed by atoms with E-state index in [-0.39, 0.29) is 16.2 Å². The number of nitrogens with zero attached hydrogens (tertiary/aromatic N) is 2. The fraction of sp³-hybridized carbons (Fsp3) is 0.125. The van der Waals surface area contributed by atoms with Gasteiger partial charge < -0.3 is 4.74 Å². The van der Waals surface area contributed by atoms with E-state index in [1.54, 1.807) is 48.5 Å². The molecule has 0 saturated carbocycles. The van der Waals surface area contributed by atoms with Crippen LogP contribution >= 0.6 is 15.9 Å². The van der Waals surface area contributed by atoms with E-state index in [0.29, 0.717) is 23.6 Å². The Balaban J connectivity index is 1.89. The molecule has 0 radical (unpaired) electrons. The maximum absolute atomic E-state index is 13.7. The third-order valence-electron chi connectivity index (χ3n) is 5.22. The summed E-state index contributed by atoms with van der Waals surface area (Å²) in [6, 6.07) is 18.6. The Bertz CT molecular complexity index is 1390. The van der Waals surface area contributed by atoms with Crippen molar-refractivity contribution in [3.63, 3.8) is 0 Å². The molecule has 1 saturated heterocycles. The minimum Gasteiger partial charge on any atom is -0.494 e. The molecule has 1 aliphatic rings. The van der Waals surface area contributed by atoms with Crippen molar-refractivity contribution in [2.75, 3.05) is 11.5 Å². The van der Waals surface area contributed by atoms with Crippen LogP contribution in [-0.4, -0.2) is 25.9 Å². The molecule has 1 heterocycles. The van der Waals surface area contributed by atoms with Gasteiger partial charge in [0.05, 0.1) is 11.5 Å². The largest absolute Gasteiger partial charge is 0.494 e. The molecule has 174 valence electrons. The highest BCUT2D eigenvalue weighted by molar-refractivity contribution is 9.10. The predicted molar refractivity (Wildman–Crippen MR) is 132 cm³/mol. The molecule has 3 aromatic carbocycles. The number of ether oxygens (including phenoxy) is 1. The first-order chi connectivity index (χ1) is 16.2. The Morgan fingerprint density at radius 1 is 1.09 bits per heavy atom. The number of rotatable bonds is 6. The zero-order chi connectivity index (χ0) is 24.5. The number of nitro groups is 1. The molecule has 3 aromatic rings. The van der Waals surface area contributed by atoms with E-state index in [1.807, 2.05) is 6.92 Å². The van der Waals surface area contributed by atoms with Crippen molar-refractivity contribution in [3.8, 4) is 5.75 Å². The number of halogens is 1. The summed E-state index contributed by atoms with van der Waals surface area (Å²) in [7, 11) is -4.23. The number of carbonyl (C=O) groups excluding carboxylic acids is 1. The van der Waals surface area contributed by atoms with E-state index in [0.717, 1.165) is 9.37 Å². The fourth-order valence-corrected chi connectivity index (χ4v) is 5.85. The number of sulfone groups is 1. The summed E-state index contributed by atoms with van der Waals surface area (Å²) in [4.78, 5) is 25.0. The minimum absolute atomic E-state index is 0.121. The summed E-state index contributed by atoms with van der Waals surface area (Å²) in [6.45, 7) is 2.29. The second kappa shape index (κ2) is 9.40. The van der Waals surface area contributed by atoms with Crippen LogP contribution in [0.5, 0.6) is 5.75 Å². The van der Waals surface area contributed by atoms with Crippen LogP contribution < -0.4 is 9.64 Å². The number of hydrogen-bond acceptors (Lipinski definition) is 6. The maximum Gasteiger partial charge on any atom is 0.271 e. The molecule has 1 fully saturated rings. The van der Waals surface area contributed by atoms with Crippen LogP contribution in [0.15, 0.2) is 82.2 Å². The number of hydrogen-bond donors (Lipinski definition) is 0. The van der Waals surface area contributed by atoms with Gasteiger partial charge in [-0.05, 0) is 60.5 Å². The third-order valence-corrected chi connectivity index (χ3v) is 7.73. The Labute approximate surface area is 204 Å². The van der Waals surface area contributed by atoms with Gasteiger partial charge in [0, 0.05) is 22.3 Å². The van der Waals surface area contributed by atoms with Crippen molar-refractivity contribution in [1.82, 2.24) is 0 Å². The zero-order valence-electron chi connectivity index (χ0n) is 17.9. The molecule has 0 aliphatic carbocycles. The summed E-state index contributed by atoms with van der Waals surface area (Å²) in [5, 5.41) is 9.86. The Kier molecular flexibility index (Phi) is 6.54. The van der Waals surface area contributed by atoms with Gasteiger partial charge in [0.15, 0.2) is 5.37 Å². The van der Waals surface area contributed by atoms with Gasteiger partial charge in [-0.2, -0.15) is 0 Å². The molecule has 10 heteroatoms. The lowest BCUT2D eigenvalue weighted by Crippen LogP contribution is -2.29. The lowest BCUT2D eigenvalue weighted by Gasteiger charge is -2.23. The zero-order valence-corrected chi connectivity index (χ0v) is 20.3. The second-order valence-corrected chi connectivity index (χ2v) is 10.3. The van der Waals surface area contributed by atoms with Crippen LogP contribution in [-0.2, 0) is 14.6 Å². The quantitative estimate of drug-likeness (QED) is 0.239. The maximum atomic E-state index is 13.7. The molecule has 8 nitrogen and oxygen atoms in total. The van der Waals surface area contributed by atoms with Crippen molar-refractivity contribution in [3.05, 3.63) is 103 Å². The Morgan fingerprint density at radius 3 is 2.38 bits per heavy atom. The normalized spacial score (nSPS) is 18.3. The molecule has 0 spiro atoms. The van der Waals surface area contributed by atoms with Crippen molar-refractivity contribution >= 4 is 49.1 Å². The van der Waals surface area contributed by atoms with E-state index in [4.69, 9.17) is 4.74 Å². The molecule has 0 unspecified atom stereocenters. The van der Waals surface area contributed by atoms with Gasteiger partial charge in [0.1, 0.15) is 10.7 Å². The fourth-order valence-electron chi connectivity index (χ4n) is 3.70. The number of carbonyl (C=O) groups is 1. The minimum atomic E-state index is -4.23. The smallest absolute Gasteiger partial charge is 0.271 e. The SMILES string of the molecule is CCOc1ccc(N2C(=O)/C(=C\c3ccc(Br)cc3)S(=O)(=O)[C@H]2c2cccc([N+](=O)[O-])c2)cc1. The predicted octanol–water partition coefficient (Wildman–Crippen LogP) is 5.26. The van der Waals surface area contributed by atoms with Crippen molar-refractivity contribution in [2.45, 2.75) is 12.3 Å². The monoisotopic (exact) mass is 542 g/mol. The molecule has 4 rings (SSSR count). The summed E-state index contributed by atoms with van der Waals surface area (Å²) < 4.78 is 33.6. The molecular formula is C24H19BrN2O6S. The molecule has 0 bridgehead atoms. The van der Waals surface area contributed by atoms with Crippen molar-refractivity contribution in [1.29, 1.82) is 0 Å². The van der Waals surface area contributed by atoms with Gasteiger partial charge in [0.2, 0.25) is 9.84 Å². The molecule has 0 N–H and O–H groups in total. The number of anilines is 1. The highest BCUT2D eigenvalue weighted by Gasteiger charge is 2.50. The second-order valence-electron chi connectivity index (χ2n) is 7.41. The van der Waals surface area contributed by atoms with Crippen LogP contribution in [0.4, 0.5) is 11.4 Å². The van der Waals surface area contributed by atoms with Gasteiger partial charge in [0.25, 0.3) is 11.6 Å². The highest BCUT2D eigenvalue weighted by atomic mass is 79.9. The van der Waals surface area contributed by atoms with Crippen molar-refractivity contribution < 1.29 is 22.9 Å². The third kappa shape index (κ3) is 4.46. The van der Waals surface area contributed by atoms with E-state index in [2.05, 4.69) is 15.9 Å². The first-order valence-corrected chi connectivity index (χ1v) is 12.6. The van der Waals surface area contributed by atoms with Gasteiger partial charge in [-0.25, -0.2) is 8.42 Å². The molecule has 0 aromatic heterocycles. The number of amides is 1. The lowest BCUT2D eigenvalue weighted by molar-refractivity contribution is -0.384. The van der Waals surface area contributed by atoms with Gasteiger partial charge in [-0.3, -0.25) is 19.8 Å². The van der Waals surface area contributed by atoms with Crippen molar-refractivity contribution in [2.24, 2.45) is 0 Å². The van der Waals surface area contributed by atoms with Crippen LogP contribution in [0, 0.1) is 10.1 Å². The molecule has 1 atom stereocenters. The van der Waals surface area contributed by atoms with E-state index < -0.39 is 26.0 Å². The average molecular weight is 543 g/mol. The van der Waals surface area contributed by atoms with Crippen LogP contribution in [0.2, 0.25) is 0 Å². The average Bonchev–Trinajstić information content (AvgIpc) is 3.01. The molecule has 1 aliphatic heterocycles. The summed E-state index contributed by atoms with van der Waals surface area (Å²) >= 11 is 3.33. The Morgan fingerprint density at radius 2 is 1.76 bits per heavy atom.